The molecule has 0 saturated carbocycles. The molecule has 0 amide bonds. The first-order valence-corrected chi connectivity index (χ1v) is 3.93. The minimum atomic E-state index is -0.214. The van der Waals surface area contributed by atoms with Crippen molar-refractivity contribution in [3.63, 3.8) is 0 Å². The summed E-state index contributed by atoms with van der Waals surface area (Å²) in [6.45, 7) is 0. The standard InChI is InChI=1S/C5H3IN4O/c6-3-1-8-10-2-7-9-5(11)4(3)10/h1-2H,(H,9,11). The fourth-order valence-electron chi connectivity index (χ4n) is 0.836. The van der Waals surface area contributed by atoms with E-state index in [-0.39, 0.29) is 5.56 Å². The van der Waals surface area contributed by atoms with Crippen LogP contribution >= 0.6 is 22.6 Å². The lowest BCUT2D eigenvalue weighted by Gasteiger charge is -1.87. The quantitative estimate of drug-likeness (QED) is 0.681. The molecule has 0 aliphatic heterocycles. The molecule has 0 aliphatic carbocycles. The maximum absolute atomic E-state index is 11.1. The summed E-state index contributed by atoms with van der Waals surface area (Å²) in [6.07, 6.45) is 3.08. The molecule has 5 nitrogen and oxygen atoms in total. The van der Waals surface area contributed by atoms with E-state index in [1.54, 1.807) is 6.20 Å². The van der Waals surface area contributed by atoms with Gasteiger partial charge in [-0.2, -0.15) is 10.2 Å². The van der Waals surface area contributed by atoms with Gasteiger partial charge in [0.15, 0.2) is 0 Å². The molecule has 2 rings (SSSR count). The Bertz CT molecular complexity index is 445. The Kier molecular flexibility index (Phi) is 1.41. The molecule has 2 aromatic heterocycles. The zero-order chi connectivity index (χ0) is 7.84. The lowest BCUT2D eigenvalue weighted by molar-refractivity contribution is 0.846. The summed E-state index contributed by atoms with van der Waals surface area (Å²) in [4.78, 5) is 11.1. The molecule has 0 unspecified atom stereocenters. The molecule has 2 heterocycles. The van der Waals surface area contributed by atoms with Crippen LogP contribution in [0.1, 0.15) is 0 Å². The molecule has 2 aromatic rings. The average molecular weight is 262 g/mol. The number of hydrogen-bond acceptors (Lipinski definition) is 3. The number of fused-ring (bicyclic) bond motifs is 1. The van der Waals surface area contributed by atoms with Crippen LogP contribution in [0.25, 0.3) is 5.52 Å². The highest BCUT2D eigenvalue weighted by Gasteiger charge is 2.03. The van der Waals surface area contributed by atoms with Crippen LogP contribution in [0.4, 0.5) is 0 Å². The number of hydrogen-bond donors (Lipinski definition) is 1. The van der Waals surface area contributed by atoms with Crippen LogP contribution in [0.3, 0.4) is 0 Å². The number of aromatic amines is 1. The third-order valence-corrected chi connectivity index (χ3v) is 2.09. The lowest BCUT2D eigenvalue weighted by atomic mass is 10.5. The first-order valence-electron chi connectivity index (χ1n) is 2.85. The second-order valence-electron chi connectivity index (χ2n) is 1.97. The number of rotatable bonds is 0. The molecular formula is C5H3IN4O. The first-order chi connectivity index (χ1) is 5.29. The van der Waals surface area contributed by atoms with Crippen molar-refractivity contribution in [2.24, 2.45) is 0 Å². The van der Waals surface area contributed by atoms with Crippen molar-refractivity contribution in [2.75, 3.05) is 0 Å². The Morgan fingerprint density at radius 1 is 1.64 bits per heavy atom. The van der Waals surface area contributed by atoms with Crippen LogP contribution in [-0.4, -0.2) is 19.8 Å². The molecule has 0 aromatic carbocycles. The van der Waals surface area contributed by atoms with Crippen LogP contribution in [0.5, 0.6) is 0 Å². The van der Waals surface area contributed by atoms with Gasteiger partial charge in [0.2, 0.25) is 0 Å². The molecule has 0 saturated heterocycles. The zero-order valence-corrected chi connectivity index (χ0v) is 7.44. The predicted octanol–water partition coefficient (Wildman–Crippen LogP) is 0.0222. The van der Waals surface area contributed by atoms with Crippen molar-refractivity contribution in [2.45, 2.75) is 0 Å². The second kappa shape index (κ2) is 2.29. The number of halogens is 1. The van der Waals surface area contributed by atoms with Crippen molar-refractivity contribution < 1.29 is 0 Å². The summed E-state index contributed by atoms with van der Waals surface area (Å²) in [7, 11) is 0. The predicted molar refractivity (Wildman–Crippen MR) is 46.3 cm³/mol. The summed E-state index contributed by atoms with van der Waals surface area (Å²) in [5.41, 5.74) is 0.329. The highest BCUT2D eigenvalue weighted by molar-refractivity contribution is 14.1. The Morgan fingerprint density at radius 3 is 3.18 bits per heavy atom. The highest BCUT2D eigenvalue weighted by Crippen LogP contribution is 2.06. The minimum absolute atomic E-state index is 0.214. The largest absolute Gasteiger partial charge is 0.291 e. The van der Waals surface area contributed by atoms with E-state index in [1.165, 1.54) is 10.8 Å². The van der Waals surface area contributed by atoms with Crippen molar-refractivity contribution in [1.29, 1.82) is 0 Å². The summed E-state index contributed by atoms with van der Waals surface area (Å²) < 4.78 is 2.27. The van der Waals surface area contributed by atoms with Gasteiger partial charge in [-0.05, 0) is 22.6 Å². The fourth-order valence-corrected chi connectivity index (χ4v) is 1.45. The number of aromatic nitrogens is 4. The van der Waals surface area contributed by atoms with E-state index in [1.807, 2.05) is 22.6 Å². The number of nitrogens with zero attached hydrogens (tertiary/aromatic N) is 3. The molecule has 11 heavy (non-hydrogen) atoms. The Morgan fingerprint density at radius 2 is 2.45 bits per heavy atom. The minimum Gasteiger partial charge on any atom is -0.266 e. The molecule has 0 spiro atoms. The fraction of sp³-hybridized carbons (Fsp3) is 0. The third kappa shape index (κ3) is 0.934. The van der Waals surface area contributed by atoms with Crippen molar-refractivity contribution in [3.8, 4) is 0 Å². The van der Waals surface area contributed by atoms with E-state index < -0.39 is 0 Å². The summed E-state index contributed by atoms with van der Waals surface area (Å²) in [6, 6.07) is 0. The molecular weight excluding hydrogens is 259 g/mol. The van der Waals surface area contributed by atoms with Gasteiger partial charge in [-0.15, -0.1) is 0 Å². The topological polar surface area (TPSA) is 63.0 Å². The van der Waals surface area contributed by atoms with Gasteiger partial charge in [0.05, 0.1) is 9.77 Å². The SMILES string of the molecule is O=c1[nH]ncn2ncc(I)c12. The van der Waals surface area contributed by atoms with Crippen molar-refractivity contribution in [3.05, 3.63) is 26.4 Å². The van der Waals surface area contributed by atoms with E-state index in [0.717, 1.165) is 3.57 Å². The normalized spacial score (nSPS) is 10.6. The van der Waals surface area contributed by atoms with Gasteiger partial charge in [0.25, 0.3) is 5.56 Å². The molecule has 6 heteroatoms. The summed E-state index contributed by atoms with van der Waals surface area (Å²) in [5, 5.41) is 9.82. The van der Waals surface area contributed by atoms with Gasteiger partial charge in [-0.25, -0.2) is 9.61 Å². The van der Waals surface area contributed by atoms with Crippen molar-refractivity contribution >= 4 is 28.1 Å². The smallest absolute Gasteiger partial charge is 0.266 e. The molecule has 56 valence electrons. The summed E-state index contributed by atoms with van der Waals surface area (Å²) in [5.74, 6) is 0. The van der Waals surface area contributed by atoms with E-state index in [0.29, 0.717) is 5.52 Å². The number of H-pyrrole nitrogens is 1. The summed E-state index contributed by atoms with van der Waals surface area (Å²) >= 11 is 2.05. The maximum atomic E-state index is 11.1. The number of nitrogens with one attached hydrogen (secondary N) is 1. The highest BCUT2D eigenvalue weighted by atomic mass is 127. The Hall–Kier alpha value is -0.920. The van der Waals surface area contributed by atoms with Gasteiger partial charge in [0, 0.05) is 0 Å². The third-order valence-electron chi connectivity index (χ3n) is 1.30. The van der Waals surface area contributed by atoms with Crippen LogP contribution < -0.4 is 5.56 Å². The van der Waals surface area contributed by atoms with E-state index in [9.17, 15) is 4.79 Å². The van der Waals surface area contributed by atoms with Crippen LogP contribution in [0.15, 0.2) is 17.3 Å². The second-order valence-corrected chi connectivity index (χ2v) is 3.13. The molecule has 0 aliphatic rings. The van der Waals surface area contributed by atoms with Crippen LogP contribution in [-0.2, 0) is 0 Å². The van der Waals surface area contributed by atoms with Gasteiger partial charge in [-0.1, -0.05) is 0 Å². The van der Waals surface area contributed by atoms with Gasteiger partial charge >= 0.3 is 0 Å². The molecule has 0 radical (unpaired) electrons. The van der Waals surface area contributed by atoms with Gasteiger partial charge in [0.1, 0.15) is 11.8 Å². The van der Waals surface area contributed by atoms with E-state index in [4.69, 9.17) is 0 Å². The Balaban J connectivity index is 3.08. The van der Waals surface area contributed by atoms with Gasteiger partial charge < -0.3 is 0 Å². The monoisotopic (exact) mass is 262 g/mol. The molecule has 0 bridgehead atoms. The molecule has 0 atom stereocenters. The average Bonchev–Trinajstić information content (AvgIpc) is 2.34. The van der Waals surface area contributed by atoms with Crippen molar-refractivity contribution in [1.82, 2.24) is 19.8 Å². The lowest BCUT2D eigenvalue weighted by Crippen LogP contribution is -2.11. The van der Waals surface area contributed by atoms with Gasteiger partial charge in [-0.3, -0.25) is 4.79 Å². The van der Waals surface area contributed by atoms with Crippen LogP contribution in [0.2, 0.25) is 0 Å². The Labute approximate surface area is 74.6 Å². The van der Waals surface area contributed by atoms with E-state index >= 15 is 0 Å². The molecule has 0 fully saturated rings. The first kappa shape index (κ1) is 6.77. The zero-order valence-electron chi connectivity index (χ0n) is 5.28. The van der Waals surface area contributed by atoms with Crippen LogP contribution in [0, 0.1) is 3.57 Å². The molecule has 1 N–H and O–H groups in total. The maximum Gasteiger partial charge on any atom is 0.291 e. The van der Waals surface area contributed by atoms with E-state index in [2.05, 4.69) is 15.3 Å².